The van der Waals surface area contributed by atoms with Gasteiger partial charge in [0, 0.05) is 12.2 Å². The molecule has 7 heteroatoms. The van der Waals surface area contributed by atoms with Crippen LogP contribution in [-0.2, 0) is 14.8 Å². The predicted octanol–water partition coefficient (Wildman–Crippen LogP) is 2.38. The number of hydrogen-bond donors (Lipinski definition) is 0. The Kier molecular flexibility index (Phi) is 5.78. The third kappa shape index (κ3) is 4.58. The van der Waals surface area contributed by atoms with E-state index in [-0.39, 0.29) is 12.5 Å². The maximum Gasteiger partial charge on any atom is 0.247 e. The highest BCUT2D eigenvalue weighted by molar-refractivity contribution is 7.92. The zero-order valence-electron chi connectivity index (χ0n) is 14.1. The van der Waals surface area contributed by atoms with E-state index >= 15 is 0 Å². The van der Waals surface area contributed by atoms with Gasteiger partial charge in [-0.15, -0.1) is 0 Å². The fraction of sp³-hybridized carbons (Fsp3) is 0.222. The molecule has 0 aliphatic carbocycles. The lowest BCUT2D eigenvalue weighted by Gasteiger charge is -2.27. The van der Waals surface area contributed by atoms with E-state index in [2.05, 4.69) is 0 Å². The third-order valence-corrected chi connectivity index (χ3v) is 4.79. The lowest BCUT2D eigenvalue weighted by Crippen LogP contribution is -2.42. The largest absolute Gasteiger partial charge is 0.311 e. The molecule has 25 heavy (non-hydrogen) atoms. The molecule has 6 nitrogen and oxygen atoms in total. The molecule has 1 amide bonds. The molecule has 0 atom stereocenters. The first-order chi connectivity index (χ1) is 11.9. The summed E-state index contributed by atoms with van der Waals surface area (Å²) in [6.07, 6.45) is 1.05. The van der Waals surface area contributed by atoms with E-state index in [1.165, 1.54) is 29.2 Å². The molecule has 0 N–H and O–H groups in total. The molecule has 0 saturated heterocycles. The van der Waals surface area contributed by atoms with Gasteiger partial charge in [-0.05, 0) is 43.3 Å². The molecule has 0 aliphatic heterocycles. The molecule has 0 aromatic heterocycles. The minimum Gasteiger partial charge on any atom is -0.311 e. The van der Waals surface area contributed by atoms with Gasteiger partial charge in [-0.25, -0.2) is 8.42 Å². The molecule has 130 valence electrons. The van der Waals surface area contributed by atoms with E-state index < -0.39 is 10.0 Å². The number of rotatable bonds is 6. The Morgan fingerprint density at radius 1 is 1.04 bits per heavy atom. The Hall–Kier alpha value is -2.85. The van der Waals surface area contributed by atoms with Gasteiger partial charge in [-0.2, -0.15) is 5.26 Å². The van der Waals surface area contributed by atoms with Crippen LogP contribution in [0.5, 0.6) is 0 Å². The van der Waals surface area contributed by atoms with Crippen LogP contribution in [-0.4, -0.2) is 33.7 Å². The van der Waals surface area contributed by atoms with Crippen molar-refractivity contribution in [2.45, 2.75) is 6.92 Å². The van der Waals surface area contributed by atoms with E-state index in [4.69, 9.17) is 5.26 Å². The number of anilines is 2. The van der Waals surface area contributed by atoms with Gasteiger partial charge in [0.15, 0.2) is 0 Å². The number of sulfonamides is 1. The van der Waals surface area contributed by atoms with Crippen molar-refractivity contribution in [3.05, 3.63) is 60.2 Å². The summed E-state index contributed by atoms with van der Waals surface area (Å²) in [5, 5.41) is 8.86. The Morgan fingerprint density at radius 3 is 2.12 bits per heavy atom. The molecule has 0 radical (unpaired) electrons. The van der Waals surface area contributed by atoms with Crippen LogP contribution in [0, 0.1) is 11.3 Å². The standard InChI is InChI=1S/C18H19N3O3S/c1-3-20(16-7-5-4-6-8-16)18(22)14-21(25(2,23)24)17-11-9-15(13-19)10-12-17/h4-12H,3,14H2,1-2H3. The lowest BCUT2D eigenvalue weighted by molar-refractivity contribution is -0.117. The average molecular weight is 357 g/mol. The van der Waals surface area contributed by atoms with Gasteiger partial charge in [-0.1, -0.05) is 18.2 Å². The molecule has 0 unspecified atom stereocenters. The van der Waals surface area contributed by atoms with Crippen molar-refractivity contribution in [2.75, 3.05) is 28.6 Å². The lowest BCUT2D eigenvalue weighted by atomic mass is 10.2. The summed E-state index contributed by atoms with van der Waals surface area (Å²) in [6, 6.07) is 17.1. The first-order valence-electron chi connectivity index (χ1n) is 7.70. The first kappa shape index (κ1) is 18.5. The Bertz CT molecular complexity index is 872. The number of amides is 1. The molecule has 2 aromatic carbocycles. The minimum atomic E-state index is -3.65. The van der Waals surface area contributed by atoms with Crippen molar-refractivity contribution >= 4 is 27.3 Å². The molecule has 0 fully saturated rings. The molecular weight excluding hydrogens is 338 g/mol. The van der Waals surface area contributed by atoms with Crippen molar-refractivity contribution in [1.82, 2.24) is 0 Å². The minimum absolute atomic E-state index is 0.312. The summed E-state index contributed by atoms with van der Waals surface area (Å²) in [7, 11) is -3.65. The fourth-order valence-electron chi connectivity index (χ4n) is 2.42. The quantitative estimate of drug-likeness (QED) is 0.795. The van der Waals surface area contributed by atoms with Gasteiger partial charge in [0.1, 0.15) is 6.54 Å². The van der Waals surface area contributed by atoms with Gasteiger partial charge in [0.05, 0.1) is 23.6 Å². The van der Waals surface area contributed by atoms with E-state index in [1.807, 2.05) is 31.2 Å². The molecule has 2 aromatic rings. The molecule has 0 bridgehead atoms. The number of nitriles is 1. The van der Waals surface area contributed by atoms with Crippen LogP contribution in [0.4, 0.5) is 11.4 Å². The van der Waals surface area contributed by atoms with Crippen molar-refractivity contribution in [2.24, 2.45) is 0 Å². The van der Waals surface area contributed by atoms with Crippen molar-refractivity contribution in [3.63, 3.8) is 0 Å². The summed E-state index contributed by atoms with van der Waals surface area (Å²) >= 11 is 0. The van der Waals surface area contributed by atoms with Crippen LogP contribution in [0.15, 0.2) is 54.6 Å². The van der Waals surface area contributed by atoms with E-state index in [0.29, 0.717) is 23.5 Å². The molecule has 0 aliphatic rings. The van der Waals surface area contributed by atoms with Crippen molar-refractivity contribution in [1.29, 1.82) is 5.26 Å². The fourth-order valence-corrected chi connectivity index (χ4v) is 3.27. The van der Waals surface area contributed by atoms with Gasteiger partial charge in [0.2, 0.25) is 15.9 Å². The van der Waals surface area contributed by atoms with E-state index in [0.717, 1.165) is 10.6 Å². The van der Waals surface area contributed by atoms with Crippen LogP contribution in [0.2, 0.25) is 0 Å². The van der Waals surface area contributed by atoms with Crippen LogP contribution in [0.3, 0.4) is 0 Å². The number of benzene rings is 2. The number of likely N-dealkylation sites (N-methyl/N-ethyl adjacent to an activating group) is 1. The van der Waals surface area contributed by atoms with E-state index in [1.54, 1.807) is 12.1 Å². The van der Waals surface area contributed by atoms with Crippen molar-refractivity contribution < 1.29 is 13.2 Å². The smallest absolute Gasteiger partial charge is 0.247 e. The predicted molar refractivity (Wildman–Crippen MR) is 97.8 cm³/mol. The second-order valence-corrected chi connectivity index (χ2v) is 7.31. The second-order valence-electron chi connectivity index (χ2n) is 5.40. The number of para-hydroxylation sites is 1. The van der Waals surface area contributed by atoms with E-state index in [9.17, 15) is 13.2 Å². The highest BCUT2D eigenvalue weighted by Crippen LogP contribution is 2.20. The maximum atomic E-state index is 12.7. The van der Waals surface area contributed by atoms with Crippen LogP contribution in [0.1, 0.15) is 12.5 Å². The zero-order valence-corrected chi connectivity index (χ0v) is 14.9. The van der Waals surface area contributed by atoms with Gasteiger partial charge < -0.3 is 4.90 Å². The van der Waals surface area contributed by atoms with Crippen molar-refractivity contribution in [3.8, 4) is 6.07 Å². The topological polar surface area (TPSA) is 81.5 Å². The monoisotopic (exact) mass is 357 g/mol. The second kappa shape index (κ2) is 7.81. The van der Waals surface area contributed by atoms with Gasteiger partial charge >= 0.3 is 0 Å². The Balaban J connectivity index is 2.30. The first-order valence-corrected chi connectivity index (χ1v) is 9.55. The highest BCUT2D eigenvalue weighted by Gasteiger charge is 2.24. The maximum absolute atomic E-state index is 12.7. The zero-order chi connectivity index (χ0) is 18.4. The number of nitrogens with zero attached hydrogens (tertiary/aromatic N) is 3. The average Bonchev–Trinajstić information content (AvgIpc) is 2.60. The van der Waals surface area contributed by atoms with Crippen LogP contribution >= 0.6 is 0 Å². The normalized spacial score (nSPS) is 10.8. The van der Waals surface area contributed by atoms with Crippen LogP contribution in [0.25, 0.3) is 0 Å². The Morgan fingerprint density at radius 2 is 1.64 bits per heavy atom. The Labute approximate surface area is 148 Å². The molecular formula is C18H19N3O3S. The summed E-state index contributed by atoms with van der Waals surface area (Å²) in [5.74, 6) is -0.330. The number of carbonyl (C=O) groups is 1. The summed E-state index contributed by atoms with van der Waals surface area (Å²) in [6.45, 7) is 1.94. The number of carbonyl (C=O) groups excluding carboxylic acids is 1. The van der Waals surface area contributed by atoms with Gasteiger partial charge in [-0.3, -0.25) is 9.10 Å². The summed E-state index contributed by atoms with van der Waals surface area (Å²) < 4.78 is 25.4. The molecule has 2 rings (SSSR count). The number of hydrogen-bond acceptors (Lipinski definition) is 4. The molecule has 0 heterocycles. The van der Waals surface area contributed by atoms with Gasteiger partial charge in [0.25, 0.3) is 0 Å². The molecule has 0 saturated carbocycles. The van der Waals surface area contributed by atoms with Crippen LogP contribution < -0.4 is 9.21 Å². The molecule has 0 spiro atoms. The summed E-state index contributed by atoms with van der Waals surface area (Å²) in [5.41, 5.74) is 1.48. The third-order valence-electron chi connectivity index (χ3n) is 3.65. The highest BCUT2D eigenvalue weighted by atomic mass is 32.2. The SMILES string of the molecule is CCN(C(=O)CN(c1ccc(C#N)cc1)S(C)(=O)=O)c1ccccc1. The summed E-state index contributed by atoms with van der Waals surface area (Å²) in [4.78, 5) is 14.2.